The van der Waals surface area contributed by atoms with Crippen LogP contribution < -0.4 is 11.3 Å². The van der Waals surface area contributed by atoms with Crippen molar-refractivity contribution >= 4 is 27.3 Å². The average Bonchev–Trinajstić information content (AvgIpc) is 2.75. The number of nitrogens with one attached hydrogen (secondary N) is 1. The highest BCUT2D eigenvalue weighted by molar-refractivity contribution is 9.10. The van der Waals surface area contributed by atoms with Gasteiger partial charge < -0.3 is 0 Å². The van der Waals surface area contributed by atoms with Crippen LogP contribution in [0.5, 0.6) is 0 Å². The molecular weight excluding hydrogens is 322 g/mol. The summed E-state index contributed by atoms with van der Waals surface area (Å²) in [6.45, 7) is 0. The van der Waals surface area contributed by atoms with Gasteiger partial charge in [-0.25, -0.2) is 8.78 Å². The lowest BCUT2D eigenvalue weighted by Gasteiger charge is -2.16. The number of hydrazine groups is 1. The fraction of sp³-hybridized carbons (Fsp3) is 0.167. The topological polar surface area (TPSA) is 38.0 Å². The summed E-state index contributed by atoms with van der Waals surface area (Å²) >= 11 is 5.02. The number of thiophene rings is 1. The van der Waals surface area contributed by atoms with Gasteiger partial charge >= 0.3 is 0 Å². The Morgan fingerprint density at radius 2 is 2.06 bits per heavy atom. The third-order valence-electron chi connectivity index (χ3n) is 2.63. The third-order valence-corrected chi connectivity index (χ3v) is 4.58. The molecule has 6 heteroatoms. The molecule has 0 saturated carbocycles. The van der Waals surface area contributed by atoms with Crippen LogP contribution in [0.3, 0.4) is 0 Å². The highest BCUT2D eigenvalue weighted by Gasteiger charge is 2.15. The van der Waals surface area contributed by atoms with Crippen LogP contribution in [-0.2, 0) is 6.42 Å². The maximum Gasteiger partial charge on any atom is 0.159 e. The normalized spacial score (nSPS) is 12.7. The molecule has 3 N–H and O–H groups in total. The van der Waals surface area contributed by atoms with E-state index in [4.69, 9.17) is 5.84 Å². The summed E-state index contributed by atoms with van der Waals surface area (Å²) < 4.78 is 27.1. The maximum atomic E-state index is 13.2. The summed E-state index contributed by atoms with van der Waals surface area (Å²) in [5, 5.41) is 1.96. The van der Waals surface area contributed by atoms with Gasteiger partial charge in [-0.05, 0) is 45.1 Å². The number of hydrogen-bond donors (Lipinski definition) is 2. The van der Waals surface area contributed by atoms with Gasteiger partial charge in [-0.15, -0.1) is 11.3 Å². The van der Waals surface area contributed by atoms with Crippen molar-refractivity contribution in [2.45, 2.75) is 12.5 Å². The molecule has 2 rings (SSSR count). The lowest BCUT2D eigenvalue weighted by atomic mass is 10.0. The molecule has 0 amide bonds. The molecule has 1 aromatic heterocycles. The van der Waals surface area contributed by atoms with E-state index in [1.54, 1.807) is 11.3 Å². The van der Waals surface area contributed by atoms with Crippen molar-refractivity contribution in [2.24, 2.45) is 5.84 Å². The zero-order chi connectivity index (χ0) is 13.1. The molecule has 1 heterocycles. The molecule has 0 aliphatic carbocycles. The fourth-order valence-electron chi connectivity index (χ4n) is 1.66. The molecule has 0 spiro atoms. The molecule has 0 aliphatic rings. The van der Waals surface area contributed by atoms with Crippen LogP contribution in [0.25, 0.3) is 0 Å². The Hall–Kier alpha value is -0.820. The summed E-state index contributed by atoms with van der Waals surface area (Å²) in [4.78, 5) is 1.10. The molecule has 96 valence electrons. The molecule has 0 aliphatic heterocycles. The molecule has 1 unspecified atom stereocenters. The van der Waals surface area contributed by atoms with E-state index < -0.39 is 11.6 Å². The van der Waals surface area contributed by atoms with Gasteiger partial charge in [-0.3, -0.25) is 11.3 Å². The first-order valence-electron chi connectivity index (χ1n) is 5.24. The number of rotatable bonds is 4. The third kappa shape index (κ3) is 2.95. The summed E-state index contributed by atoms with van der Waals surface area (Å²) in [7, 11) is 0. The van der Waals surface area contributed by atoms with Crippen molar-refractivity contribution < 1.29 is 8.78 Å². The van der Waals surface area contributed by atoms with Crippen molar-refractivity contribution in [2.75, 3.05) is 0 Å². The molecule has 1 atom stereocenters. The predicted octanol–water partition coefficient (Wildman–Crippen LogP) is 3.54. The van der Waals surface area contributed by atoms with Crippen LogP contribution in [-0.4, -0.2) is 0 Å². The van der Waals surface area contributed by atoms with E-state index in [1.165, 1.54) is 12.1 Å². The molecule has 18 heavy (non-hydrogen) atoms. The highest BCUT2D eigenvalue weighted by atomic mass is 79.9. The van der Waals surface area contributed by atoms with Crippen LogP contribution in [0.2, 0.25) is 0 Å². The molecule has 0 fully saturated rings. The second kappa shape index (κ2) is 5.88. The molecule has 0 saturated heterocycles. The minimum atomic E-state index is -0.863. The van der Waals surface area contributed by atoms with Crippen LogP contribution in [0, 0.1) is 11.6 Å². The van der Waals surface area contributed by atoms with Gasteiger partial charge in [-0.1, -0.05) is 6.07 Å². The monoisotopic (exact) mass is 332 g/mol. The van der Waals surface area contributed by atoms with Gasteiger partial charge in [0.15, 0.2) is 11.6 Å². The van der Waals surface area contributed by atoms with Crippen LogP contribution in [0.1, 0.15) is 16.5 Å². The van der Waals surface area contributed by atoms with Crippen LogP contribution in [0.4, 0.5) is 8.78 Å². The van der Waals surface area contributed by atoms with Crippen molar-refractivity contribution in [1.82, 2.24) is 5.43 Å². The van der Waals surface area contributed by atoms with E-state index in [0.717, 1.165) is 15.4 Å². The van der Waals surface area contributed by atoms with E-state index >= 15 is 0 Å². The Labute approximate surface area is 116 Å². The van der Waals surface area contributed by atoms with Crippen LogP contribution in [0.15, 0.2) is 34.1 Å². The first-order chi connectivity index (χ1) is 8.61. The Bertz CT molecular complexity index is 545. The summed E-state index contributed by atoms with van der Waals surface area (Å²) in [6, 6.07) is 5.50. The van der Waals surface area contributed by atoms with Gasteiger partial charge in [0.1, 0.15) is 0 Å². The van der Waals surface area contributed by atoms with E-state index in [0.29, 0.717) is 12.0 Å². The van der Waals surface area contributed by atoms with Crippen molar-refractivity contribution in [1.29, 1.82) is 0 Å². The maximum absolute atomic E-state index is 13.2. The van der Waals surface area contributed by atoms with Gasteiger partial charge in [0, 0.05) is 15.8 Å². The Balaban J connectivity index is 2.23. The Morgan fingerprint density at radius 1 is 1.28 bits per heavy atom. The zero-order valence-corrected chi connectivity index (χ0v) is 11.7. The second-order valence-electron chi connectivity index (χ2n) is 3.79. The lowest BCUT2D eigenvalue weighted by Crippen LogP contribution is -2.29. The van der Waals surface area contributed by atoms with Gasteiger partial charge in [0.05, 0.1) is 6.04 Å². The highest BCUT2D eigenvalue weighted by Crippen LogP contribution is 2.28. The number of halogens is 3. The Kier molecular flexibility index (Phi) is 4.45. The molecular formula is C12H11BrF2N2S. The van der Waals surface area contributed by atoms with Crippen molar-refractivity contribution in [3.63, 3.8) is 0 Å². The lowest BCUT2D eigenvalue weighted by molar-refractivity contribution is 0.497. The van der Waals surface area contributed by atoms with Gasteiger partial charge in [0.2, 0.25) is 0 Å². The number of nitrogens with two attached hydrogens (primary N) is 1. The SMILES string of the molecule is NNC(Cc1sccc1Br)c1ccc(F)c(F)c1. The zero-order valence-electron chi connectivity index (χ0n) is 9.29. The van der Waals surface area contributed by atoms with Crippen molar-refractivity contribution in [3.8, 4) is 0 Å². The van der Waals surface area contributed by atoms with Gasteiger partial charge in [0.25, 0.3) is 0 Å². The summed E-state index contributed by atoms with van der Waals surface area (Å²) in [5.41, 5.74) is 3.25. The van der Waals surface area contributed by atoms with E-state index in [2.05, 4.69) is 21.4 Å². The minimum Gasteiger partial charge on any atom is -0.271 e. The standard InChI is InChI=1S/C12H11BrF2N2S/c13-8-3-4-18-12(8)6-11(17-16)7-1-2-9(14)10(15)5-7/h1-5,11,17H,6,16H2. The predicted molar refractivity (Wildman–Crippen MR) is 72.1 cm³/mol. The molecule has 1 aromatic carbocycles. The second-order valence-corrected chi connectivity index (χ2v) is 5.64. The molecule has 0 bridgehead atoms. The van der Waals surface area contributed by atoms with E-state index in [-0.39, 0.29) is 6.04 Å². The molecule has 2 aromatic rings. The fourth-order valence-corrected chi connectivity index (χ4v) is 3.22. The van der Waals surface area contributed by atoms with Gasteiger partial charge in [-0.2, -0.15) is 0 Å². The summed E-state index contributed by atoms with van der Waals surface area (Å²) in [6.07, 6.45) is 0.611. The first kappa shape index (κ1) is 13.6. The van der Waals surface area contributed by atoms with Crippen LogP contribution >= 0.6 is 27.3 Å². The average molecular weight is 333 g/mol. The first-order valence-corrected chi connectivity index (χ1v) is 6.92. The number of benzene rings is 1. The smallest absolute Gasteiger partial charge is 0.159 e. The molecule has 0 radical (unpaired) electrons. The minimum absolute atomic E-state index is 0.255. The van der Waals surface area contributed by atoms with E-state index in [9.17, 15) is 8.78 Å². The largest absolute Gasteiger partial charge is 0.271 e. The van der Waals surface area contributed by atoms with Crippen molar-refractivity contribution in [3.05, 3.63) is 56.2 Å². The number of hydrogen-bond acceptors (Lipinski definition) is 3. The Morgan fingerprint density at radius 3 is 2.61 bits per heavy atom. The van der Waals surface area contributed by atoms with E-state index in [1.807, 2.05) is 11.4 Å². The summed E-state index contributed by atoms with van der Waals surface area (Å²) in [5.74, 6) is 3.76. The quantitative estimate of drug-likeness (QED) is 0.663. The molecule has 2 nitrogen and oxygen atoms in total.